The fraction of sp³-hybridized carbons (Fsp3) is 0.333. The molecule has 0 saturated heterocycles. The summed E-state index contributed by atoms with van der Waals surface area (Å²) in [6.45, 7) is 1.59. The maximum atomic E-state index is 7.09. The van der Waals surface area contributed by atoms with Gasteiger partial charge in [0.2, 0.25) is 0 Å². The second-order valence-corrected chi connectivity index (χ2v) is 3.98. The number of rotatable bonds is 6. The van der Waals surface area contributed by atoms with Crippen molar-refractivity contribution in [1.82, 2.24) is 15.3 Å². The van der Waals surface area contributed by atoms with E-state index in [0.717, 1.165) is 36.4 Å². The topological polar surface area (TPSA) is 90.6 Å². The van der Waals surface area contributed by atoms with E-state index in [4.69, 9.17) is 11.1 Å². The lowest BCUT2D eigenvalue weighted by Crippen LogP contribution is -2.23. The molecule has 0 aliphatic carbocycles. The maximum Gasteiger partial charge on any atom is 0.108 e. The SMILES string of the molecule is N=C(N)CCNCCc1nc2ccccc2[nH]1. The van der Waals surface area contributed by atoms with Gasteiger partial charge in [0.05, 0.1) is 16.9 Å². The Morgan fingerprint density at radius 1 is 1.35 bits per heavy atom. The Balaban J connectivity index is 1.81. The highest BCUT2D eigenvalue weighted by Crippen LogP contribution is 2.10. The summed E-state index contributed by atoms with van der Waals surface area (Å²) in [4.78, 5) is 7.76. The molecule has 0 aliphatic rings. The van der Waals surface area contributed by atoms with E-state index < -0.39 is 0 Å². The van der Waals surface area contributed by atoms with Crippen molar-refractivity contribution >= 4 is 16.9 Å². The summed E-state index contributed by atoms with van der Waals surface area (Å²) in [5, 5.41) is 10.3. The van der Waals surface area contributed by atoms with Crippen molar-refractivity contribution in [3.63, 3.8) is 0 Å². The number of hydrogen-bond acceptors (Lipinski definition) is 3. The minimum absolute atomic E-state index is 0.223. The van der Waals surface area contributed by atoms with Crippen molar-refractivity contribution in [3.8, 4) is 0 Å². The summed E-state index contributed by atoms with van der Waals surface area (Å²) in [5.41, 5.74) is 7.34. The molecule has 0 aliphatic heterocycles. The number of nitrogens with one attached hydrogen (secondary N) is 3. The van der Waals surface area contributed by atoms with Gasteiger partial charge in [-0.2, -0.15) is 0 Å². The molecule has 0 fully saturated rings. The largest absolute Gasteiger partial charge is 0.388 e. The molecule has 90 valence electrons. The van der Waals surface area contributed by atoms with Crippen LogP contribution in [-0.4, -0.2) is 28.9 Å². The van der Waals surface area contributed by atoms with E-state index in [-0.39, 0.29) is 5.84 Å². The molecule has 2 aromatic rings. The molecule has 0 atom stereocenters. The van der Waals surface area contributed by atoms with Crippen LogP contribution < -0.4 is 11.1 Å². The fourth-order valence-corrected chi connectivity index (χ4v) is 1.68. The number of hydrogen-bond donors (Lipinski definition) is 4. The van der Waals surface area contributed by atoms with Gasteiger partial charge in [-0.15, -0.1) is 0 Å². The quantitative estimate of drug-likeness (QED) is 0.340. The highest BCUT2D eigenvalue weighted by atomic mass is 14.9. The summed E-state index contributed by atoms with van der Waals surface area (Å²) in [5.74, 6) is 1.21. The van der Waals surface area contributed by atoms with Crippen LogP contribution in [0.25, 0.3) is 11.0 Å². The Morgan fingerprint density at radius 2 is 2.18 bits per heavy atom. The Bertz CT molecular complexity index is 469. The molecule has 5 heteroatoms. The van der Waals surface area contributed by atoms with Crippen LogP contribution in [0.5, 0.6) is 0 Å². The number of nitrogens with zero attached hydrogens (tertiary/aromatic N) is 1. The number of amidine groups is 1. The third kappa shape index (κ3) is 3.29. The third-order valence-corrected chi connectivity index (χ3v) is 2.55. The average Bonchev–Trinajstić information content (AvgIpc) is 2.70. The van der Waals surface area contributed by atoms with Crippen LogP contribution in [0, 0.1) is 5.41 Å². The molecule has 2 rings (SSSR count). The van der Waals surface area contributed by atoms with E-state index in [1.807, 2.05) is 24.3 Å². The molecule has 1 heterocycles. The molecule has 17 heavy (non-hydrogen) atoms. The van der Waals surface area contributed by atoms with Gasteiger partial charge in [0, 0.05) is 25.9 Å². The first-order valence-corrected chi connectivity index (χ1v) is 5.73. The van der Waals surface area contributed by atoms with E-state index in [9.17, 15) is 0 Å². The minimum Gasteiger partial charge on any atom is -0.388 e. The van der Waals surface area contributed by atoms with E-state index in [2.05, 4.69) is 15.3 Å². The Hall–Kier alpha value is -1.88. The number of H-pyrrole nitrogens is 1. The highest BCUT2D eigenvalue weighted by Gasteiger charge is 2.00. The molecule has 1 aromatic heterocycles. The number of para-hydroxylation sites is 2. The van der Waals surface area contributed by atoms with Crippen molar-refractivity contribution in [2.75, 3.05) is 13.1 Å². The van der Waals surface area contributed by atoms with Gasteiger partial charge in [-0.3, -0.25) is 5.41 Å². The Morgan fingerprint density at radius 3 is 2.94 bits per heavy atom. The first kappa shape index (κ1) is 11.6. The van der Waals surface area contributed by atoms with Gasteiger partial charge in [0.25, 0.3) is 0 Å². The van der Waals surface area contributed by atoms with Gasteiger partial charge in [0.1, 0.15) is 5.82 Å². The lowest BCUT2D eigenvalue weighted by atomic mass is 10.3. The summed E-state index contributed by atoms with van der Waals surface area (Å²) in [6.07, 6.45) is 1.45. The van der Waals surface area contributed by atoms with Gasteiger partial charge < -0.3 is 16.0 Å². The zero-order valence-corrected chi connectivity index (χ0v) is 9.66. The molecule has 1 aromatic carbocycles. The number of aromatic nitrogens is 2. The van der Waals surface area contributed by atoms with Crippen LogP contribution in [0.15, 0.2) is 24.3 Å². The highest BCUT2D eigenvalue weighted by molar-refractivity contribution is 5.77. The lowest BCUT2D eigenvalue weighted by molar-refractivity contribution is 0.683. The van der Waals surface area contributed by atoms with Crippen LogP contribution >= 0.6 is 0 Å². The zero-order chi connectivity index (χ0) is 12.1. The number of fused-ring (bicyclic) bond motifs is 1. The molecule has 0 spiro atoms. The standard InChI is InChI=1S/C12H17N5/c13-11(14)5-7-15-8-6-12-16-9-3-1-2-4-10(9)17-12/h1-4,15H,5-8H2,(H3,13,14)(H,16,17). The first-order chi connectivity index (χ1) is 8.25. The molecule has 0 unspecified atom stereocenters. The first-order valence-electron chi connectivity index (χ1n) is 5.73. The Labute approximate surface area is 99.9 Å². The van der Waals surface area contributed by atoms with Crippen molar-refractivity contribution in [2.45, 2.75) is 12.8 Å². The van der Waals surface area contributed by atoms with Gasteiger partial charge >= 0.3 is 0 Å². The van der Waals surface area contributed by atoms with Gasteiger partial charge in [-0.05, 0) is 12.1 Å². The monoisotopic (exact) mass is 231 g/mol. The molecule has 5 N–H and O–H groups in total. The normalized spacial score (nSPS) is 10.8. The van der Waals surface area contributed by atoms with Crippen LogP contribution in [0.2, 0.25) is 0 Å². The van der Waals surface area contributed by atoms with Gasteiger partial charge in [-0.1, -0.05) is 12.1 Å². The second kappa shape index (κ2) is 5.45. The molecule has 0 bridgehead atoms. The van der Waals surface area contributed by atoms with E-state index in [1.165, 1.54) is 0 Å². The van der Waals surface area contributed by atoms with Crippen molar-refractivity contribution in [2.24, 2.45) is 5.73 Å². The van der Waals surface area contributed by atoms with E-state index >= 15 is 0 Å². The minimum atomic E-state index is 0.223. The molecule has 0 saturated carbocycles. The van der Waals surface area contributed by atoms with Crippen molar-refractivity contribution < 1.29 is 0 Å². The summed E-state index contributed by atoms with van der Waals surface area (Å²) >= 11 is 0. The number of nitrogens with two attached hydrogens (primary N) is 1. The average molecular weight is 231 g/mol. The molecule has 5 nitrogen and oxygen atoms in total. The van der Waals surface area contributed by atoms with Crippen molar-refractivity contribution in [1.29, 1.82) is 5.41 Å². The number of benzene rings is 1. The van der Waals surface area contributed by atoms with Crippen LogP contribution in [0.3, 0.4) is 0 Å². The molecule has 0 radical (unpaired) electrons. The lowest BCUT2D eigenvalue weighted by Gasteiger charge is -2.01. The molecular weight excluding hydrogens is 214 g/mol. The predicted octanol–water partition coefficient (Wildman–Crippen LogP) is 1.02. The van der Waals surface area contributed by atoms with Crippen LogP contribution in [0.1, 0.15) is 12.2 Å². The predicted molar refractivity (Wildman–Crippen MR) is 69.2 cm³/mol. The maximum absolute atomic E-state index is 7.09. The fourth-order valence-electron chi connectivity index (χ4n) is 1.68. The van der Waals surface area contributed by atoms with Crippen LogP contribution in [-0.2, 0) is 6.42 Å². The summed E-state index contributed by atoms with van der Waals surface area (Å²) in [7, 11) is 0. The molecular formula is C12H17N5. The summed E-state index contributed by atoms with van der Waals surface area (Å²) in [6, 6.07) is 8.00. The third-order valence-electron chi connectivity index (χ3n) is 2.55. The number of aromatic amines is 1. The van der Waals surface area contributed by atoms with E-state index in [1.54, 1.807) is 0 Å². The summed E-state index contributed by atoms with van der Waals surface area (Å²) < 4.78 is 0. The van der Waals surface area contributed by atoms with Crippen LogP contribution in [0.4, 0.5) is 0 Å². The zero-order valence-electron chi connectivity index (χ0n) is 9.66. The van der Waals surface area contributed by atoms with E-state index in [0.29, 0.717) is 6.42 Å². The van der Waals surface area contributed by atoms with Gasteiger partial charge in [-0.25, -0.2) is 4.98 Å². The van der Waals surface area contributed by atoms with Crippen molar-refractivity contribution in [3.05, 3.63) is 30.1 Å². The second-order valence-electron chi connectivity index (χ2n) is 3.98. The Kier molecular flexibility index (Phi) is 3.72. The van der Waals surface area contributed by atoms with Gasteiger partial charge in [0.15, 0.2) is 0 Å². The number of imidazole rings is 1. The molecule has 0 amide bonds. The smallest absolute Gasteiger partial charge is 0.108 e.